The fourth-order valence-electron chi connectivity index (χ4n) is 2.92. The van der Waals surface area contributed by atoms with E-state index in [4.69, 9.17) is 26.4 Å². The zero-order valence-electron chi connectivity index (χ0n) is 19.6. The molecular weight excluding hydrogens is 506 g/mol. The predicted molar refractivity (Wildman–Crippen MR) is 138 cm³/mol. The number of carbonyl (C=O) groups is 1. The van der Waals surface area contributed by atoms with E-state index in [1.807, 2.05) is 6.92 Å². The van der Waals surface area contributed by atoms with E-state index in [1.54, 1.807) is 24.3 Å². The molecule has 0 spiro atoms. The molecule has 190 valence electrons. The van der Waals surface area contributed by atoms with Crippen LogP contribution in [0.1, 0.15) is 17.3 Å². The zero-order chi connectivity index (χ0) is 26.0. The highest BCUT2D eigenvalue weighted by Gasteiger charge is 2.18. The fourth-order valence-corrected chi connectivity index (χ4v) is 4.13. The van der Waals surface area contributed by atoms with Gasteiger partial charge in [-0.1, -0.05) is 12.1 Å². The summed E-state index contributed by atoms with van der Waals surface area (Å²) in [6.45, 7) is 3.16. The summed E-state index contributed by atoms with van der Waals surface area (Å²) in [4.78, 5) is 20.5. The Balaban J connectivity index is 1.61. The summed E-state index contributed by atoms with van der Waals surface area (Å²) in [5.74, 6) is -0.0462. The van der Waals surface area contributed by atoms with Gasteiger partial charge in [0, 0.05) is 24.7 Å². The van der Waals surface area contributed by atoms with E-state index in [9.17, 15) is 13.2 Å². The number of amides is 1. The van der Waals surface area contributed by atoms with Crippen LogP contribution in [-0.4, -0.2) is 56.3 Å². The highest BCUT2D eigenvalue weighted by molar-refractivity contribution is 7.92. The lowest BCUT2D eigenvalue weighted by Gasteiger charge is -2.13. The standard InChI is InChI=1S/C23H25N5O6S2/c1-3-33-14-15-34-19-7-5-4-6-18(19)21(29)27-23(35)26-16-8-10-17(11-9-16)36(30,31)28-20-22(32-2)25-13-12-24-20/h4-13H,3,14-15H2,1-2H3,(H,24,28)(H2,26,27,29,35). The van der Waals surface area contributed by atoms with Gasteiger partial charge in [-0.05, 0) is 55.5 Å². The molecule has 1 aromatic heterocycles. The normalized spacial score (nSPS) is 10.8. The van der Waals surface area contributed by atoms with Crippen LogP contribution in [0, 0.1) is 0 Å². The van der Waals surface area contributed by atoms with Crippen LogP contribution in [0.15, 0.2) is 65.8 Å². The van der Waals surface area contributed by atoms with E-state index < -0.39 is 15.9 Å². The van der Waals surface area contributed by atoms with E-state index >= 15 is 0 Å². The minimum absolute atomic E-state index is 0.0196. The number of hydrogen-bond donors (Lipinski definition) is 3. The maximum atomic E-state index is 12.7. The zero-order valence-corrected chi connectivity index (χ0v) is 21.2. The van der Waals surface area contributed by atoms with Gasteiger partial charge in [0.05, 0.1) is 24.2 Å². The lowest BCUT2D eigenvalue weighted by molar-refractivity contribution is 0.0958. The van der Waals surface area contributed by atoms with Crippen molar-refractivity contribution >= 4 is 44.8 Å². The number of benzene rings is 2. The molecule has 1 heterocycles. The van der Waals surface area contributed by atoms with Gasteiger partial charge in [-0.15, -0.1) is 0 Å². The molecule has 3 N–H and O–H groups in total. The molecule has 0 aliphatic carbocycles. The molecule has 0 aliphatic rings. The first-order valence-corrected chi connectivity index (χ1v) is 12.6. The third-order valence-corrected chi connectivity index (χ3v) is 6.12. The molecule has 3 aromatic rings. The molecule has 2 aromatic carbocycles. The Labute approximate surface area is 214 Å². The van der Waals surface area contributed by atoms with Crippen LogP contribution in [-0.2, 0) is 14.8 Å². The molecule has 0 saturated heterocycles. The topological polar surface area (TPSA) is 141 Å². The van der Waals surface area contributed by atoms with Crippen molar-refractivity contribution < 1.29 is 27.4 Å². The molecule has 36 heavy (non-hydrogen) atoms. The van der Waals surface area contributed by atoms with Crippen LogP contribution < -0.4 is 24.8 Å². The summed E-state index contributed by atoms with van der Waals surface area (Å²) >= 11 is 5.23. The van der Waals surface area contributed by atoms with Crippen LogP contribution in [0.4, 0.5) is 11.5 Å². The third-order valence-electron chi connectivity index (χ3n) is 4.56. The van der Waals surface area contributed by atoms with Crippen molar-refractivity contribution in [3.8, 4) is 11.6 Å². The van der Waals surface area contributed by atoms with E-state index in [2.05, 4.69) is 25.3 Å². The van der Waals surface area contributed by atoms with E-state index in [-0.39, 0.29) is 21.7 Å². The minimum atomic E-state index is -3.95. The van der Waals surface area contributed by atoms with Gasteiger partial charge >= 0.3 is 0 Å². The van der Waals surface area contributed by atoms with Gasteiger partial charge in [0.2, 0.25) is 5.82 Å². The van der Waals surface area contributed by atoms with Crippen LogP contribution in [0.2, 0.25) is 0 Å². The Morgan fingerprint density at radius 3 is 2.47 bits per heavy atom. The van der Waals surface area contributed by atoms with Crippen LogP contribution in [0.3, 0.4) is 0 Å². The van der Waals surface area contributed by atoms with Crippen molar-refractivity contribution in [2.24, 2.45) is 0 Å². The number of anilines is 2. The second kappa shape index (κ2) is 12.8. The Bertz CT molecular complexity index is 1300. The van der Waals surface area contributed by atoms with Crippen molar-refractivity contribution in [2.75, 3.05) is 37.0 Å². The number of aromatic nitrogens is 2. The SMILES string of the molecule is CCOCCOc1ccccc1C(=O)NC(=S)Nc1ccc(S(=O)(=O)Nc2nccnc2OC)cc1. The molecule has 0 unspecified atom stereocenters. The summed E-state index contributed by atoms with van der Waals surface area (Å²) in [6.07, 6.45) is 2.72. The average Bonchev–Trinajstić information content (AvgIpc) is 2.87. The highest BCUT2D eigenvalue weighted by atomic mass is 32.2. The lowest BCUT2D eigenvalue weighted by atomic mass is 10.2. The van der Waals surface area contributed by atoms with E-state index in [0.29, 0.717) is 36.8 Å². The Kier molecular flexibility index (Phi) is 9.50. The van der Waals surface area contributed by atoms with E-state index in [0.717, 1.165) is 0 Å². The monoisotopic (exact) mass is 531 g/mol. The second-order valence-electron chi connectivity index (χ2n) is 6.99. The van der Waals surface area contributed by atoms with Gasteiger partial charge in [0.15, 0.2) is 5.11 Å². The van der Waals surface area contributed by atoms with Gasteiger partial charge < -0.3 is 19.5 Å². The largest absolute Gasteiger partial charge is 0.490 e. The number of hydrogen-bond acceptors (Lipinski definition) is 9. The second-order valence-corrected chi connectivity index (χ2v) is 9.08. The van der Waals surface area contributed by atoms with Gasteiger partial charge in [-0.2, -0.15) is 0 Å². The number of thiocarbonyl (C=S) groups is 1. The first-order chi connectivity index (χ1) is 17.3. The molecule has 3 rings (SSSR count). The average molecular weight is 532 g/mol. The van der Waals surface area contributed by atoms with Crippen molar-refractivity contribution in [1.29, 1.82) is 0 Å². The number of sulfonamides is 1. The summed E-state index contributed by atoms with van der Waals surface area (Å²) in [6, 6.07) is 12.5. The number of carbonyl (C=O) groups excluding carboxylic acids is 1. The molecule has 1 amide bonds. The Morgan fingerprint density at radius 2 is 1.75 bits per heavy atom. The number of nitrogens with zero attached hydrogens (tertiary/aromatic N) is 2. The number of nitrogens with one attached hydrogen (secondary N) is 3. The third kappa shape index (κ3) is 7.34. The quantitative estimate of drug-likeness (QED) is 0.250. The molecule has 0 bridgehead atoms. The van der Waals surface area contributed by atoms with Crippen molar-refractivity contribution in [3.05, 3.63) is 66.5 Å². The molecule has 13 heteroatoms. The molecule has 0 fully saturated rings. The smallest absolute Gasteiger partial charge is 0.263 e. The van der Waals surface area contributed by atoms with Gasteiger partial charge in [0.25, 0.3) is 21.8 Å². The molecule has 11 nitrogen and oxygen atoms in total. The number of rotatable bonds is 11. The van der Waals surface area contributed by atoms with Gasteiger partial charge in [-0.3, -0.25) is 14.8 Å². The summed E-state index contributed by atoms with van der Waals surface area (Å²) in [5.41, 5.74) is 0.780. The first kappa shape index (κ1) is 26.8. The summed E-state index contributed by atoms with van der Waals surface area (Å²) in [5, 5.41) is 5.47. The van der Waals surface area contributed by atoms with E-state index in [1.165, 1.54) is 43.8 Å². The molecule has 0 radical (unpaired) electrons. The number of para-hydroxylation sites is 1. The highest BCUT2D eigenvalue weighted by Crippen LogP contribution is 2.22. The molecule has 0 aliphatic heterocycles. The van der Waals surface area contributed by atoms with Gasteiger partial charge in [-0.25, -0.2) is 18.4 Å². The van der Waals surface area contributed by atoms with Crippen LogP contribution in [0.25, 0.3) is 0 Å². The van der Waals surface area contributed by atoms with Crippen molar-refractivity contribution in [3.63, 3.8) is 0 Å². The van der Waals surface area contributed by atoms with Crippen molar-refractivity contribution in [1.82, 2.24) is 15.3 Å². The number of ether oxygens (including phenoxy) is 3. The minimum Gasteiger partial charge on any atom is -0.490 e. The Hall–Kier alpha value is -3.81. The lowest BCUT2D eigenvalue weighted by Crippen LogP contribution is -2.34. The predicted octanol–water partition coefficient (Wildman–Crippen LogP) is 2.83. The summed E-state index contributed by atoms with van der Waals surface area (Å²) in [7, 11) is -2.59. The summed E-state index contributed by atoms with van der Waals surface area (Å²) < 4.78 is 43.6. The fraction of sp³-hybridized carbons (Fsp3) is 0.217. The molecule has 0 atom stereocenters. The first-order valence-electron chi connectivity index (χ1n) is 10.7. The van der Waals surface area contributed by atoms with Crippen molar-refractivity contribution in [2.45, 2.75) is 11.8 Å². The molecular formula is C23H25N5O6S2. The van der Waals surface area contributed by atoms with Crippen LogP contribution in [0.5, 0.6) is 11.6 Å². The number of methoxy groups -OCH3 is 1. The van der Waals surface area contributed by atoms with Crippen LogP contribution >= 0.6 is 12.2 Å². The maximum absolute atomic E-state index is 12.7. The van der Waals surface area contributed by atoms with Gasteiger partial charge in [0.1, 0.15) is 12.4 Å². The maximum Gasteiger partial charge on any atom is 0.263 e. The molecule has 0 saturated carbocycles. The Morgan fingerprint density at radius 1 is 1.03 bits per heavy atom.